The molecular formula is C29H30FN3O5. The largest absolute Gasteiger partial charge is 0.458 e. The molecule has 1 unspecified atom stereocenters. The molecule has 2 N–H and O–H groups in total. The number of aliphatic hydroxyl groups excluding tert-OH is 1. The predicted octanol–water partition coefficient (Wildman–Crippen LogP) is 2.41. The van der Waals surface area contributed by atoms with Crippen LogP contribution in [0.4, 0.5) is 4.39 Å². The second-order valence-corrected chi connectivity index (χ2v) is 11.3. The van der Waals surface area contributed by atoms with Crippen LogP contribution in [0.15, 0.2) is 16.9 Å². The van der Waals surface area contributed by atoms with Gasteiger partial charge in [-0.15, -0.1) is 0 Å². The molecule has 0 amide bonds. The van der Waals surface area contributed by atoms with Crippen LogP contribution in [0.5, 0.6) is 0 Å². The molecule has 0 saturated carbocycles. The Labute approximate surface area is 218 Å². The lowest BCUT2D eigenvalue weighted by molar-refractivity contribution is -0.172. The summed E-state index contributed by atoms with van der Waals surface area (Å²) in [7, 11) is 0. The normalized spacial score (nSPS) is 25.6. The van der Waals surface area contributed by atoms with E-state index < -0.39 is 11.6 Å². The summed E-state index contributed by atoms with van der Waals surface area (Å²) in [6, 6.07) is 3.21. The van der Waals surface area contributed by atoms with Gasteiger partial charge in [-0.25, -0.2) is 14.2 Å². The molecule has 1 saturated heterocycles. The van der Waals surface area contributed by atoms with E-state index in [4.69, 9.17) is 9.72 Å². The highest BCUT2D eigenvalue weighted by Crippen LogP contribution is 2.52. The summed E-state index contributed by atoms with van der Waals surface area (Å²) in [6.45, 7) is 5.99. The van der Waals surface area contributed by atoms with E-state index in [0.29, 0.717) is 35.6 Å². The van der Waals surface area contributed by atoms with Crippen molar-refractivity contribution in [1.29, 1.82) is 0 Å². The summed E-state index contributed by atoms with van der Waals surface area (Å²) < 4.78 is 22.0. The number of halogens is 1. The Balaban J connectivity index is 1.53. The highest BCUT2D eigenvalue weighted by atomic mass is 19.1. The Morgan fingerprint density at radius 1 is 1.18 bits per heavy atom. The van der Waals surface area contributed by atoms with Gasteiger partial charge in [0.05, 0.1) is 35.6 Å². The molecule has 198 valence electrons. The molecule has 1 fully saturated rings. The molecule has 8 nitrogen and oxygen atoms in total. The summed E-state index contributed by atoms with van der Waals surface area (Å²) in [5, 5.41) is 21.8. The molecule has 2 aromatic heterocycles. The van der Waals surface area contributed by atoms with Crippen molar-refractivity contribution in [1.82, 2.24) is 14.5 Å². The number of benzene rings is 1. The van der Waals surface area contributed by atoms with Crippen molar-refractivity contribution in [3.05, 3.63) is 61.7 Å². The number of carbonyl (C=O) groups is 1. The van der Waals surface area contributed by atoms with Crippen LogP contribution in [-0.2, 0) is 40.1 Å². The Morgan fingerprint density at radius 3 is 2.76 bits per heavy atom. The molecule has 9 heteroatoms. The lowest BCUT2D eigenvalue weighted by Crippen LogP contribution is -2.44. The number of aryl methyl sites for hydroxylation is 1. The van der Waals surface area contributed by atoms with Gasteiger partial charge in [-0.1, -0.05) is 6.92 Å². The third-order valence-corrected chi connectivity index (χ3v) is 9.54. The fourth-order valence-electron chi connectivity index (χ4n) is 7.47. The van der Waals surface area contributed by atoms with E-state index >= 15 is 4.39 Å². The number of aromatic nitrogens is 2. The second kappa shape index (κ2) is 7.94. The number of fused-ring (bicyclic) bond motifs is 6. The first-order valence-corrected chi connectivity index (χ1v) is 13.4. The van der Waals surface area contributed by atoms with E-state index in [9.17, 15) is 19.8 Å². The van der Waals surface area contributed by atoms with Crippen molar-refractivity contribution in [3.63, 3.8) is 0 Å². The number of esters is 1. The van der Waals surface area contributed by atoms with Gasteiger partial charge in [-0.3, -0.25) is 4.79 Å². The van der Waals surface area contributed by atoms with Crippen molar-refractivity contribution in [2.75, 3.05) is 26.2 Å². The number of rotatable bonds is 3. The first kappa shape index (κ1) is 23.9. The number of hydrogen-bond donors (Lipinski definition) is 2. The molecule has 2 atom stereocenters. The van der Waals surface area contributed by atoms with Gasteiger partial charge in [0.15, 0.2) is 5.60 Å². The molecule has 3 aliphatic heterocycles. The first-order chi connectivity index (χ1) is 18.2. The molecule has 0 bridgehead atoms. The Bertz CT molecular complexity index is 1630. The molecule has 38 heavy (non-hydrogen) atoms. The van der Waals surface area contributed by atoms with Crippen LogP contribution >= 0.6 is 0 Å². The SMILES string of the molecule is CC[C@@]1(O)C(=O)OCc2c1cc1n(c2=O)Cc2c-1nc1cc(F)c(C)c3c1c2C1(CC3)CCN(CCO)C1. The zero-order valence-electron chi connectivity index (χ0n) is 21.6. The number of cyclic esters (lactones) is 1. The number of hydrogen-bond acceptors (Lipinski definition) is 7. The zero-order valence-corrected chi connectivity index (χ0v) is 21.6. The fraction of sp³-hybridized carbons (Fsp3) is 0.483. The Hall–Kier alpha value is -3.14. The van der Waals surface area contributed by atoms with Gasteiger partial charge in [0, 0.05) is 41.1 Å². The molecular weight excluding hydrogens is 489 g/mol. The smallest absolute Gasteiger partial charge is 0.343 e. The maximum atomic E-state index is 15.1. The number of β-amino-alcohol motifs (C(OH)–C–C–N with tert-alkyl or cyclic N) is 1. The lowest BCUT2D eigenvalue weighted by Gasteiger charge is -2.38. The van der Waals surface area contributed by atoms with E-state index in [1.807, 2.05) is 6.92 Å². The highest BCUT2D eigenvalue weighted by molar-refractivity contribution is 5.94. The van der Waals surface area contributed by atoms with Crippen LogP contribution in [0, 0.1) is 12.7 Å². The van der Waals surface area contributed by atoms with Gasteiger partial charge in [-0.05, 0) is 61.9 Å². The summed E-state index contributed by atoms with van der Waals surface area (Å²) in [5.41, 5.74) is 3.63. The quantitative estimate of drug-likeness (QED) is 0.401. The minimum atomic E-state index is -1.90. The number of carbonyl (C=O) groups excluding carboxylic acids is 1. The van der Waals surface area contributed by atoms with Gasteiger partial charge in [0.25, 0.3) is 5.56 Å². The standard InChI is InChI=1S/C29H30FN3O5/c1-3-29(37)19-10-22-25-17(12-33(22)26(35)18(19)13-38-27(29)36)24-23-16(15(2)20(30)11-21(23)31-25)4-5-28(24)6-7-32(14-28)8-9-34/h10-11,34,37H,3-9,12-14H2,1-2H3/t28?,29-/m0/s1. The van der Waals surface area contributed by atoms with Crippen molar-refractivity contribution in [2.45, 2.75) is 63.7 Å². The average Bonchev–Trinajstić information content (AvgIpc) is 3.48. The van der Waals surface area contributed by atoms with E-state index in [2.05, 4.69) is 4.90 Å². The number of ether oxygens (including phenoxy) is 1. The molecule has 7 rings (SSSR count). The third kappa shape index (κ3) is 2.92. The van der Waals surface area contributed by atoms with Crippen LogP contribution in [-0.4, -0.2) is 56.9 Å². The van der Waals surface area contributed by atoms with Gasteiger partial charge in [-0.2, -0.15) is 0 Å². The van der Waals surface area contributed by atoms with Crippen molar-refractivity contribution in [2.24, 2.45) is 0 Å². The molecule has 0 radical (unpaired) electrons. The van der Waals surface area contributed by atoms with Crippen molar-refractivity contribution >= 4 is 16.9 Å². The van der Waals surface area contributed by atoms with Gasteiger partial charge in [0.1, 0.15) is 12.4 Å². The molecule has 1 spiro atoms. The van der Waals surface area contributed by atoms with Crippen LogP contribution in [0.25, 0.3) is 22.3 Å². The number of likely N-dealkylation sites (tertiary alicyclic amines) is 1. The van der Waals surface area contributed by atoms with E-state index in [-0.39, 0.29) is 47.6 Å². The first-order valence-electron chi connectivity index (χ1n) is 13.4. The van der Waals surface area contributed by atoms with E-state index in [1.165, 1.54) is 6.07 Å². The van der Waals surface area contributed by atoms with E-state index in [1.54, 1.807) is 17.6 Å². The summed E-state index contributed by atoms with van der Waals surface area (Å²) in [6.07, 6.45) is 2.60. The Morgan fingerprint density at radius 2 is 2.00 bits per heavy atom. The van der Waals surface area contributed by atoms with Crippen LogP contribution in [0.2, 0.25) is 0 Å². The fourth-order valence-corrected chi connectivity index (χ4v) is 7.47. The number of nitrogens with zero attached hydrogens (tertiary/aromatic N) is 3. The Kier molecular flexibility index (Phi) is 5.00. The highest BCUT2D eigenvalue weighted by Gasteiger charge is 2.48. The minimum absolute atomic E-state index is 0.0721. The van der Waals surface area contributed by atoms with Gasteiger partial charge in [0.2, 0.25) is 0 Å². The third-order valence-electron chi connectivity index (χ3n) is 9.54. The number of aliphatic hydroxyl groups is 2. The van der Waals surface area contributed by atoms with Crippen molar-refractivity contribution < 1.29 is 24.1 Å². The average molecular weight is 520 g/mol. The number of pyridine rings is 2. The van der Waals surface area contributed by atoms with Crippen LogP contribution in [0.3, 0.4) is 0 Å². The molecule has 4 aliphatic rings. The summed E-state index contributed by atoms with van der Waals surface area (Å²) in [4.78, 5) is 33.5. The van der Waals surface area contributed by atoms with E-state index in [0.717, 1.165) is 54.4 Å². The monoisotopic (exact) mass is 519 g/mol. The molecule has 1 aliphatic carbocycles. The van der Waals surface area contributed by atoms with Gasteiger partial charge < -0.3 is 24.4 Å². The summed E-state index contributed by atoms with van der Waals surface area (Å²) >= 11 is 0. The van der Waals surface area contributed by atoms with Crippen molar-refractivity contribution in [3.8, 4) is 11.4 Å². The summed E-state index contributed by atoms with van der Waals surface area (Å²) in [5.74, 6) is -1.05. The molecule has 3 aromatic rings. The predicted molar refractivity (Wildman–Crippen MR) is 137 cm³/mol. The minimum Gasteiger partial charge on any atom is -0.458 e. The zero-order chi connectivity index (χ0) is 26.6. The molecule has 1 aromatic carbocycles. The van der Waals surface area contributed by atoms with Crippen LogP contribution in [0.1, 0.15) is 59.6 Å². The van der Waals surface area contributed by atoms with Gasteiger partial charge >= 0.3 is 5.97 Å². The maximum Gasteiger partial charge on any atom is 0.343 e. The topological polar surface area (TPSA) is 105 Å². The maximum absolute atomic E-state index is 15.1. The second-order valence-electron chi connectivity index (χ2n) is 11.3. The lowest BCUT2D eigenvalue weighted by atomic mass is 9.67. The molecule has 5 heterocycles. The van der Waals surface area contributed by atoms with Crippen LogP contribution < -0.4 is 5.56 Å².